The molecule has 0 unspecified atom stereocenters. The summed E-state index contributed by atoms with van der Waals surface area (Å²) >= 11 is 1.60. The zero-order chi connectivity index (χ0) is 36.5. The van der Waals surface area contributed by atoms with E-state index in [4.69, 9.17) is 9.98 Å². The van der Waals surface area contributed by atoms with Gasteiger partial charge in [-0.2, -0.15) is 0 Å². The van der Waals surface area contributed by atoms with Gasteiger partial charge < -0.3 is 0 Å². The molecule has 0 spiro atoms. The van der Waals surface area contributed by atoms with E-state index in [2.05, 4.69) is 153 Å². The van der Waals surface area contributed by atoms with Gasteiger partial charge in [0.1, 0.15) is 0 Å². The Kier molecular flexibility index (Phi) is 11.5. The molecule has 6 rings (SSSR count). The maximum Gasteiger partial charge on any atom is 0.170 e. The number of nitrogens with zero attached hydrogens (tertiary/aromatic N) is 2. The van der Waals surface area contributed by atoms with Crippen LogP contribution in [-0.4, -0.2) is 11.5 Å². The van der Waals surface area contributed by atoms with Crippen molar-refractivity contribution in [3.63, 3.8) is 0 Å². The summed E-state index contributed by atoms with van der Waals surface area (Å²) in [6, 6.07) is 48.9. The summed E-state index contributed by atoms with van der Waals surface area (Å²) in [6.07, 6.45) is 7.87. The van der Waals surface area contributed by atoms with Gasteiger partial charge in [-0.25, -0.2) is 9.98 Å². The minimum Gasteiger partial charge on any atom is -0.232 e. The molecule has 0 saturated heterocycles. The Labute approximate surface area is 312 Å². The van der Waals surface area contributed by atoms with Crippen molar-refractivity contribution < 1.29 is 0 Å². The summed E-state index contributed by atoms with van der Waals surface area (Å²) in [5.74, 6) is 0.597. The number of amidine groups is 1. The van der Waals surface area contributed by atoms with Gasteiger partial charge in [0.25, 0.3) is 0 Å². The minimum atomic E-state index is 0.597. The van der Waals surface area contributed by atoms with E-state index in [0.717, 1.165) is 54.4 Å². The third kappa shape index (κ3) is 7.91. The molecule has 52 heavy (non-hydrogen) atoms. The first-order chi connectivity index (χ1) is 25.4. The fourth-order valence-electron chi connectivity index (χ4n) is 6.32. The Bertz CT molecular complexity index is 2310. The van der Waals surface area contributed by atoms with Crippen molar-refractivity contribution >= 4 is 40.6 Å². The quantitative estimate of drug-likeness (QED) is 0.0734. The summed E-state index contributed by atoms with van der Waals surface area (Å²) < 4.78 is 0. The molecule has 0 amide bonds. The van der Waals surface area contributed by atoms with Crippen molar-refractivity contribution in [2.24, 2.45) is 9.98 Å². The predicted octanol–water partition coefficient (Wildman–Crippen LogP) is 13.9. The molecule has 1 aromatic heterocycles. The van der Waals surface area contributed by atoms with Crippen LogP contribution in [0.4, 0.5) is 0 Å². The smallest absolute Gasteiger partial charge is 0.170 e. The Balaban J connectivity index is 1.37. The molecule has 0 aliphatic heterocycles. The number of benzene rings is 5. The van der Waals surface area contributed by atoms with E-state index >= 15 is 0 Å². The largest absolute Gasteiger partial charge is 0.232 e. The monoisotopic (exact) mass is 690 g/mol. The van der Waals surface area contributed by atoms with Gasteiger partial charge in [0.05, 0.1) is 10.6 Å². The lowest BCUT2D eigenvalue weighted by molar-refractivity contribution is 1.32. The highest BCUT2D eigenvalue weighted by atomic mass is 32.1. The summed E-state index contributed by atoms with van der Waals surface area (Å²) in [6.45, 7) is 18.6. The standard InChI is InChI=1S/C49H42N2S/c1-7-36-33-48(52-47(36)10-4)49(51-35(6)43(8-2)44(9-3)39-20-14-11-15-21-39)50-34(5)37-26-28-38(29-27-37)42-30-31-45(40-22-16-12-17-23-40)46(32-42)41-24-18-13-19-25-41/h7-33H,1,4,6H2,2-3,5H3/b43-8-,44-9-,50-34?,51-49?. The highest BCUT2D eigenvalue weighted by Gasteiger charge is 2.16. The van der Waals surface area contributed by atoms with Crippen LogP contribution in [-0.2, 0) is 0 Å². The van der Waals surface area contributed by atoms with Crippen molar-refractivity contribution in [2.75, 3.05) is 0 Å². The molecular weight excluding hydrogens is 649 g/mol. The second kappa shape index (κ2) is 16.7. The van der Waals surface area contributed by atoms with Gasteiger partial charge in [0.2, 0.25) is 0 Å². The predicted molar refractivity (Wildman–Crippen MR) is 229 cm³/mol. The maximum atomic E-state index is 5.16. The number of allylic oxidation sites excluding steroid dienone is 3. The lowest BCUT2D eigenvalue weighted by Crippen LogP contribution is -2.04. The summed E-state index contributed by atoms with van der Waals surface area (Å²) in [5.41, 5.74) is 13.8. The topological polar surface area (TPSA) is 24.7 Å². The molecule has 0 atom stereocenters. The fourth-order valence-corrected chi connectivity index (χ4v) is 7.27. The first-order valence-corrected chi connectivity index (χ1v) is 18.2. The Morgan fingerprint density at radius 3 is 1.73 bits per heavy atom. The Morgan fingerprint density at radius 2 is 1.17 bits per heavy atom. The van der Waals surface area contributed by atoms with Crippen molar-refractivity contribution in [1.29, 1.82) is 0 Å². The Morgan fingerprint density at radius 1 is 0.577 bits per heavy atom. The van der Waals surface area contributed by atoms with Crippen molar-refractivity contribution in [1.82, 2.24) is 0 Å². The summed E-state index contributed by atoms with van der Waals surface area (Å²) in [4.78, 5) is 12.2. The third-order valence-electron chi connectivity index (χ3n) is 9.02. The van der Waals surface area contributed by atoms with E-state index in [1.807, 2.05) is 51.1 Å². The van der Waals surface area contributed by atoms with E-state index in [-0.39, 0.29) is 0 Å². The zero-order valence-corrected chi connectivity index (χ0v) is 30.8. The van der Waals surface area contributed by atoms with Gasteiger partial charge in [-0.05, 0) is 88.5 Å². The molecule has 0 aliphatic carbocycles. The van der Waals surface area contributed by atoms with Gasteiger partial charge in [0, 0.05) is 16.2 Å². The highest BCUT2D eigenvalue weighted by molar-refractivity contribution is 7.15. The van der Waals surface area contributed by atoms with E-state index < -0.39 is 0 Å². The van der Waals surface area contributed by atoms with Crippen LogP contribution in [0.15, 0.2) is 193 Å². The first kappa shape index (κ1) is 35.7. The minimum absolute atomic E-state index is 0.597. The van der Waals surface area contributed by atoms with Crippen molar-refractivity contribution in [3.05, 3.63) is 209 Å². The first-order valence-electron chi connectivity index (χ1n) is 17.4. The molecule has 0 bridgehead atoms. The van der Waals surface area contributed by atoms with Crippen LogP contribution in [0.25, 0.3) is 51.1 Å². The molecule has 5 aromatic carbocycles. The SMILES string of the molecule is C=Cc1cc(C(N=C(C)c2ccc(-c3ccc(-c4ccccc4)c(-c4ccccc4)c3)cc2)=NC(=C)C(=C/C)/C(=C\C)c2ccccc2)sc1C=C. The van der Waals surface area contributed by atoms with E-state index in [1.165, 1.54) is 22.3 Å². The van der Waals surface area contributed by atoms with Crippen LogP contribution in [0, 0.1) is 0 Å². The molecule has 2 nitrogen and oxygen atoms in total. The second-order valence-corrected chi connectivity index (χ2v) is 13.3. The van der Waals surface area contributed by atoms with Crippen LogP contribution < -0.4 is 0 Å². The molecule has 0 radical (unpaired) electrons. The number of hydrogen-bond acceptors (Lipinski definition) is 2. The number of thiophene rings is 1. The van der Waals surface area contributed by atoms with E-state index in [1.54, 1.807) is 11.3 Å². The van der Waals surface area contributed by atoms with Crippen LogP contribution in [0.1, 0.15) is 47.2 Å². The number of hydrogen-bond donors (Lipinski definition) is 0. The normalized spacial score (nSPS) is 12.4. The molecule has 254 valence electrons. The van der Waals surface area contributed by atoms with Crippen LogP contribution >= 0.6 is 11.3 Å². The number of aliphatic imine (C=N–C) groups is 2. The van der Waals surface area contributed by atoms with Crippen molar-refractivity contribution in [3.8, 4) is 33.4 Å². The fraction of sp³-hybridized carbons (Fsp3) is 0.0612. The van der Waals surface area contributed by atoms with Gasteiger partial charge >= 0.3 is 0 Å². The number of rotatable bonds is 11. The molecular formula is C49H42N2S. The van der Waals surface area contributed by atoms with Crippen LogP contribution in [0.3, 0.4) is 0 Å². The van der Waals surface area contributed by atoms with Gasteiger partial charge in [0.15, 0.2) is 5.84 Å². The Hall–Kier alpha value is -6.16. The van der Waals surface area contributed by atoms with Crippen molar-refractivity contribution in [2.45, 2.75) is 20.8 Å². The van der Waals surface area contributed by atoms with Crippen LogP contribution in [0.5, 0.6) is 0 Å². The molecule has 0 N–H and O–H groups in total. The average Bonchev–Trinajstić information content (AvgIpc) is 3.64. The maximum absolute atomic E-state index is 5.16. The molecule has 1 heterocycles. The summed E-state index contributed by atoms with van der Waals surface area (Å²) in [5, 5.41) is 0. The molecule has 0 aliphatic rings. The molecule has 3 heteroatoms. The highest BCUT2D eigenvalue weighted by Crippen LogP contribution is 2.36. The average molecular weight is 691 g/mol. The van der Waals surface area contributed by atoms with Gasteiger partial charge in [-0.3, -0.25) is 0 Å². The molecule has 0 saturated carbocycles. The zero-order valence-electron chi connectivity index (χ0n) is 30.0. The van der Waals surface area contributed by atoms with Crippen LogP contribution in [0.2, 0.25) is 0 Å². The third-order valence-corrected chi connectivity index (χ3v) is 10.2. The summed E-state index contributed by atoms with van der Waals surface area (Å²) in [7, 11) is 0. The van der Waals surface area contributed by atoms with E-state index in [0.29, 0.717) is 11.5 Å². The molecule has 0 fully saturated rings. The van der Waals surface area contributed by atoms with Gasteiger partial charge in [-0.1, -0.05) is 171 Å². The molecule has 6 aromatic rings. The lowest BCUT2D eigenvalue weighted by atomic mass is 9.91. The lowest BCUT2D eigenvalue weighted by Gasteiger charge is -2.14. The van der Waals surface area contributed by atoms with E-state index in [9.17, 15) is 0 Å². The van der Waals surface area contributed by atoms with Gasteiger partial charge in [-0.15, -0.1) is 11.3 Å². The second-order valence-electron chi connectivity index (χ2n) is 12.3.